The lowest BCUT2D eigenvalue weighted by Gasteiger charge is -2.13. The van der Waals surface area contributed by atoms with Gasteiger partial charge in [0.15, 0.2) is 0 Å². The number of fused-ring (bicyclic) bond motifs is 1. The van der Waals surface area contributed by atoms with Crippen LogP contribution in [0.3, 0.4) is 0 Å². The first-order valence-corrected chi connectivity index (χ1v) is 6.53. The minimum absolute atomic E-state index is 0.0914. The lowest BCUT2D eigenvalue weighted by Crippen LogP contribution is -2.27. The second-order valence-corrected chi connectivity index (χ2v) is 4.73. The average Bonchev–Trinajstić information content (AvgIpc) is 2.95. The normalized spacial score (nSPS) is 12.2. The highest BCUT2D eigenvalue weighted by molar-refractivity contribution is 5.98. The third kappa shape index (κ3) is 2.40. The van der Waals surface area contributed by atoms with E-state index in [1.165, 1.54) is 0 Å². The number of nitrogens with one attached hydrogen (secondary N) is 2. The van der Waals surface area contributed by atoms with Crippen molar-refractivity contribution in [3.63, 3.8) is 0 Å². The van der Waals surface area contributed by atoms with Crippen LogP contribution in [-0.2, 0) is 0 Å². The highest BCUT2D eigenvalue weighted by atomic mass is 16.1. The van der Waals surface area contributed by atoms with Crippen LogP contribution in [0.5, 0.6) is 0 Å². The number of amides is 1. The number of hydrogen-bond donors (Lipinski definition) is 2. The predicted molar refractivity (Wildman–Crippen MR) is 78.4 cm³/mol. The third-order valence-electron chi connectivity index (χ3n) is 3.29. The SMILES string of the molecule is CC(NC(=O)c1ccc2[nH]ccc2c1)c1ccccn1. The molecule has 100 valence electrons. The highest BCUT2D eigenvalue weighted by Gasteiger charge is 2.12. The van der Waals surface area contributed by atoms with Gasteiger partial charge in [0.2, 0.25) is 0 Å². The number of nitrogens with zero attached hydrogens (tertiary/aromatic N) is 1. The van der Waals surface area contributed by atoms with E-state index in [4.69, 9.17) is 0 Å². The van der Waals surface area contributed by atoms with Crippen molar-refractivity contribution in [2.75, 3.05) is 0 Å². The van der Waals surface area contributed by atoms with Gasteiger partial charge in [0.05, 0.1) is 11.7 Å². The summed E-state index contributed by atoms with van der Waals surface area (Å²) in [4.78, 5) is 19.6. The van der Waals surface area contributed by atoms with Crippen molar-refractivity contribution >= 4 is 16.8 Å². The van der Waals surface area contributed by atoms with Crippen LogP contribution in [0.2, 0.25) is 0 Å². The largest absolute Gasteiger partial charge is 0.361 e. The zero-order valence-corrected chi connectivity index (χ0v) is 11.1. The topological polar surface area (TPSA) is 57.8 Å². The molecule has 1 unspecified atom stereocenters. The van der Waals surface area contributed by atoms with Crippen molar-refractivity contribution in [3.05, 3.63) is 66.1 Å². The molecular weight excluding hydrogens is 250 g/mol. The molecule has 0 saturated carbocycles. The van der Waals surface area contributed by atoms with Gasteiger partial charge in [-0.1, -0.05) is 6.07 Å². The molecule has 3 rings (SSSR count). The van der Waals surface area contributed by atoms with Gasteiger partial charge < -0.3 is 10.3 Å². The summed E-state index contributed by atoms with van der Waals surface area (Å²) in [6, 6.07) is 13.1. The standard InChI is InChI=1S/C16H15N3O/c1-11(14-4-2-3-8-17-14)19-16(20)13-5-6-15-12(10-13)7-9-18-15/h2-11,18H,1H3,(H,19,20). The van der Waals surface area contributed by atoms with E-state index in [0.29, 0.717) is 5.56 Å². The fraction of sp³-hybridized carbons (Fsp3) is 0.125. The van der Waals surface area contributed by atoms with Gasteiger partial charge in [0, 0.05) is 28.9 Å². The van der Waals surface area contributed by atoms with Gasteiger partial charge in [-0.05, 0) is 43.3 Å². The molecule has 1 atom stereocenters. The Morgan fingerprint density at radius 1 is 1.25 bits per heavy atom. The Kier molecular flexibility index (Phi) is 3.21. The molecule has 4 heteroatoms. The van der Waals surface area contributed by atoms with E-state index in [1.54, 1.807) is 6.20 Å². The quantitative estimate of drug-likeness (QED) is 0.764. The number of hydrogen-bond acceptors (Lipinski definition) is 2. The maximum atomic E-state index is 12.2. The van der Waals surface area contributed by atoms with Gasteiger partial charge in [0.1, 0.15) is 0 Å². The van der Waals surface area contributed by atoms with Crippen molar-refractivity contribution in [2.24, 2.45) is 0 Å². The summed E-state index contributed by atoms with van der Waals surface area (Å²) in [6.07, 6.45) is 3.59. The van der Waals surface area contributed by atoms with Gasteiger partial charge in [0.25, 0.3) is 5.91 Å². The number of carbonyl (C=O) groups excluding carboxylic acids is 1. The molecule has 0 bridgehead atoms. The highest BCUT2D eigenvalue weighted by Crippen LogP contribution is 2.15. The van der Waals surface area contributed by atoms with Gasteiger partial charge >= 0.3 is 0 Å². The Balaban J connectivity index is 1.78. The molecule has 0 radical (unpaired) electrons. The molecule has 0 spiro atoms. The number of benzene rings is 1. The van der Waals surface area contributed by atoms with Crippen molar-refractivity contribution < 1.29 is 4.79 Å². The smallest absolute Gasteiger partial charge is 0.251 e. The molecule has 2 N–H and O–H groups in total. The number of aromatic amines is 1. The summed E-state index contributed by atoms with van der Waals surface area (Å²) in [5, 5.41) is 3.99. The van der Waals surface area contributed by atoms with Gasteiger partial charge in [-0.25, -0.2) is 0 Å². The lowest BCUT2D eigenvalue weighted by atomic mass is 10.1. The summed E-state index contributed by atoms with van der Waals surface area (Å²) in [7, 11) is 0. The Labute approximate surface area is 116 Å². The molecule has 3 aromatic rings. The molecule has 1 aromatic carbocycles. The fourth-order valence-electron chi connectivity index (χ4n) is 2.18. The van der Waals surface area contributed by atoms with E-state index in [0.717, 1.165) is 16.6 Å². The Hall–Kier alpha value is -2.62. The van der Waals surface area contributed by atoms with Crippen LogP contribution >= 0.6 is 0 Å². The molecule has 0 fully saturated rings. The van der Waals surface area contributed by atoms with Gasteiger partial charge in [-0.3, -0.25) is 9.78 Å². The molecule has 4 nitrogen and oxygen atoms in total. The molecular formula is C16H15N3O. The lowest BCUT2D eigenvalue weighted by molar-refractivity contribution is 0.0939. The molecule has 20 heavy (non-hydrogen) atoms. The van der Waals surface area contributed by atoms with Crippen LogP contribution in [0.4, 0.5) is 0 Å². The summed E-state index contributed by atoms with van der Waals surface area (Å²) >= 11 is 0. The summed E-state index contributed by atoms with van der Waals surface area (Å²) in [5.41, 5.74) is 2.53. The first-order chi connectivity index (χ1) is 9.74. The van der Waals surface area contributed by atoms with Crippen LogP contribution in [0.1, 0.15) is 29.0 Å². The fourth-order valence-corrected chi connectivity index (χ4v) is 2.18. The first kappa shape index (κ1) is 12.4. The number of H-pyrrole nitrogens is 1. The number of aromatic nitrogens is 2. The van der Waals surface area contributed by atoms with Crippen LogP contribution in [0.15, 0.2) is 54.9 Å². The van der Waals surface area contributed by atoms with E-state index in [9.17, 15) is 4.79 Å². The summed E-state index contributed by atoms with van der Waals surface area (Å²) in [5.74, 6) is -0.0914. The maximum Gasteiger partial charge on any atom is 0.251 e. The first-order valence-electron chi connectivity index (χ1n) is 6.53. The second-order valence-electron chi connectivity index (χ2n) is 4.73. The van der Waals surface area contributed by atoms with Crippen LogP contribution in [0.25, 0.3) is 10.9 Å². The van der Waals surface area contributed by atoms with E-state index in [-0.39, 0.29) is 11.9 Å². The molecule has 0 aliphatic rings. The molecule has 2 heterocycles. The summed E-state index contributed by atoms with van der Waals surface area (Å²) in [6.45, 7) is 1.93. The van der Waals surface area contributed by atoms with Gasteiger partial charge in [-0.15, -0.1) is 0 Å². The second kappa shape index (κ2) is 5.17. The van der Waals surface area contributed by atoms with Crippen molar-refractivity contribution in [1.82, 2.24) is 15.3 Å². The Bertz CT molecular complexity index is 734. The molecule has 1 amide bonds. The molecule has 0 aliphatic heterocycles. The van der Waals surface area contributed by atoms with Crippen molar-refractivity contribution in [1.29, 1.82) is 0 Å². The number of pyridine rings is 1. The van der Waals surface area contributed by atoms with E-state index >= 15 is 0 Å². The van der Waals surface area contributed by atoms with Gasteiger partial charge in [-0.2, -0.15) is 0 Å². The molecule has 0 aliphatic carbocycles. The Morgan fingerprint density at radius 3 is 2.95 bits per heavy atom. The number of rotatable bonds is 3. The van der Waals surface area contributed by atoms with E-state index < -0.39 is 0 Å². The van der Waals surface area contributed by atoms with Crippen LogP contribution in [-0.4, -0.2) is 15.9 Å². The van der Waals surface area contributed by atoms with E-state index in [1.807, 2.05) is 55.6 Å². The maximum absolute atomic E-state index is 12.2. The van der Waals surface area contributed by atoms with Crippen molar-refractivity contribution in [3.8, 4) is 0 Å². The monoisotopic (exact) mass is 265 g/mol. The predicted octanol–water partition coefficient (Wildman–Crippen LogP) is 3.05. The summed E-state index contributed by atoms with van der Waals surface area (Å²) < 4.78 is 0. The van der Waals surface area contributed by atoms with Crippen LogP contribution in [0, 0.1) is 0 Å². The van der Waals surface area contributed by atoms with Crippen LogP contribution < -0.4 is 5.32 Å². The zero-order valence-electron chi connectivity index (χ0n) is 11.1. The van der Waals surface area contributed by atoms with E-state index in [2.05, 4.69) is 15.3 Å². The molecule has 0 saturated heterocycles. The zero-order chi connectivity index (χ0) is 13.9. The third-order valence-corrected chi connectivity index (χ3v) is 3.29. The molecule has 2 aromatic heterocycles. The number of carbonyl (C=O) groups is 1. The van der Waals surface area contributed by atoms with Crippen molar-refractivity contribution in [2.45, 2.75) is 13.0 Å². The minimum Gasteiger partial charge on any atom is -0.361 e. The Morgan fingerprint density at radius 2 is 2.15 bits per heavy atom. The average molecular weight is 265 g/mol. The minimum atomic E-state index is -0.120.